The number of likely N-dealkylation sites (tertiary alicyclic amines) is 1. The average molecular weight is 390 g/mol. The summed E-state index contributed by atoms with van der Waals surface area (Å²) in [5.41, 5.74) is 3.49. The predicted octanol–water partition coefficient (Wildman–Crippen LogP) is 4.12. The Morgan fingerprint density at radius 2 is 1.79 bits per heavy atom. The summed E-state index contributed by atoms with van der Waals surface area (Å²) < 4.78 is 0. The monoisotopic (exact) mass is 389 g/mol. The minimum absolute atomic E-state index is 0.240. The SMILES string of the molecule is CN1CCC(CN(CCc2ccccc2)C(=O)Cc2c[nH]c3ccccc23)CC1. The van der Waals surface area contributed by atoms with Gasteiger partial charge in [-0.1, -0.05) is 48.5 Å². The Kier molecular flexibility index (Phi) is 6.30. The molecule has 0 spiro atoms. The van der Waals surface area contributed by atoms with E-state index in [1.54, 1.807) is 0 Å². The smallest absolute Gasteiger partial charge is 0.227 e. The normalized spacial score (nSPS) is 15.6. The van der Waals surface area contributed by atoms with Crippen LogP contribution in [-0.2, 0) is 17.6 Å². The van der Waals surface area contributed by atoms with Crippen molar-refractivity contribution in [2.75, 3.05) is 33.2 Å². The summed E-state index contributed by atoms with van der Waals surface area (Å²) in [5, 5.41) is 1.16. The Morgan fingerprint density at radius 1 is 1.07 bits per heavy atom. The molecule has 0 bridgehead atoms. The average Bonchev–Trinajstić information content (AvgIpc) is 3.16. The summed E-state index contributed by atoms with van der Waals surface area (Å²) in [5.74, 6) is 0.846. The maximum Gasteiger partial charge on any atom is 0.227 e. The number of aromatic amines is 1. The molecule has 29 heavy (non-hydrogen) atoms. The highest BCUT2D eigenvalue weighted by Crippen LogP contribution is 2.21. The summed E-state index contributed by atoms with van der Waals surface area (Å²) in [6.45, 7) is 3.93. The van der Waals surface area contributed by atoms with Crippen molar-refractivity contribution < 1.29 is 4.79 Å². The lowest BCUT2D eigenvalue weighted by Gasteiger charge is -2.33. The van der Waals surface area contributed by atoms with Gasteiger partial charge in [-0.25, -0.2) is 0 Å². The van der Waals surface area contributed by atoms with Gasteiger partial charge in [-0.05, 0) is 62.5 Å². The lowest BCUT2D eigenvalue weighted by molar-refractivity contribution is -0.131. The molecule has 1 amide bonds. The molecule has 0 atom stereocenters. The van der Waals surface area contributed by atoms with Gasteiger partial charge in [-0.15, -0.1) is 0 Å². The molecule has 152 valence electrons. The third-order valence-electron chi connectivity index (χ3n) is 6.20. The first-order valence-electron chi connectivity index (χ1n) is 10.7. The first-order chi connectivity index (χ1) is 14.2. The number of aromatic nitrogens is 1. The topological polar surface area (TPSA) is 39.3 Å². The molecule has 1 N–H and O–H groups in total. The highest BCUT2D eigenvalue weighted by atomic mass is 16.2. The first kappa shape index (κ1) is 19.7. The van der Waals surface area contributed by atoms with Gasteiger partial charge in [-0.3, -0.25) is 4.79 Å². The van der Waals surface area contributed by atoms with Crippen LogP contribution in [0, 0.1) is 5.92 Å². The van der Waals surface area contributed by atoms with Crippen molar-refractivity contribution in [1.82, 2.24) is 14.8 Å². The highest BCUT2D eigenvalue weighted by molar-refractivity contribution is 5.88. The van der Waals surface area contributed by atoms with Crippen molar-refractivity contribution in [3.8, 4) is 0 Å². The van der Waals surface area contributed by atoms with E-state index in [1.807, 2.05) is 24.4 Å². The van der Waals surface area contributed by atoms with Crippen molar-refractivity contribution >= 4 is 16.8 Å². The molecule has 1 aliphatic heterocycles. The maximum atomic E-state index is 13.3. The molecule has 3 aromatic rings. The van der Waals surface area contributed by atoms with E-state index < -0.39 is 0 Å². The highest BCUT2D eigenvalue weighted by Gasteiger charge is 2.23. The molecule has 0 unspecified atom stereocenters. The van der Waals surface area contributed by atoms with Gasteiger partial charge < -0.3 is 14.8 Å². The van der Waals surface area contributed by atoms with Crippen molar-refractivity contribution in [1.29, 1.82) is 0 Å². The van der Waals surface area contributed by atoms with Crippen LogP contribution in [0.15, 0.2) is 60.8 Å². The molecule has 0 aliphatic carbocycles. The number of carbonyl (C=O) groups excluding carboxylic acids is 1. The molecule has 2 heterocycles. The zero-order chi connectivity index (χ0) is 20.1. The summed E-state index contributed by atoms with van der Waals surface area (Å²) in [6, 6.07) is 18.7. The molecule has 1 fully saturated rings. The molecular weight excluding hydrogens is 358 g/mol. The number of hydrogen-bond acceptors (Lipinski definition) is 2. The molecule has 1 aliphatic rings. The Labute approximate surface area is 173 Å². The van der Waals surface area contributed by atoms with E-state index in [-0.39, 0.29) is 5.91 Å². The number of nitrogens with zero attached hydrogens (tertiary/aromatic N) is 2. The van der Waals surface area contributed by atoms with Crippen molar-refractivity contribution in [2.45, 2.75) is 25.7 Å². The minimum atomic E-state index is 0.240. The molecule has 0 saturated carbocycles. The fourth-order valence-electron chi connectivity index (χ4n) is 4.34. The Hall–Kier alpha value is -2.59. The van der Waals surface area contributed by atoms with E-state index >= 15 is 0 Å². The summed E-state index contributed by atoms with van der Waals surface area (Å²) in [7, 11) is 2.19. The van der Waals surface area contributed by atoms with Crippen LogP contribution in [0.2, 0.25) is 0 Å². The van der Waals surface area contributed by atoms with Gasteiger partial charge in [-0.2, -0.15) is 0 Å². The lowest BCUT2D eigenvalue weighted by atomic mass is 9.96. The van der Waals surface area contributed by atoms with Crippen LogP contribution >= 0.6 is 0 Å². The summed E-state index contributed by atoms with van der Waals surface area (Å²) in [6.07, 6.45) is 5.73. The number of amides is 1. The molecule has 0 radical (unpaired) electrons. The number of benzene rings is 2. The fraction of sp³-hybridized carbons (Fsp3) is 0.400. The van der Waals surface area contributed by atoms with Crippen LogP contribution in [0.1, 0.15) is 24.0 Å². The third kappa shape index (κ3) is 5.07. The fourth-order valence-corrected chi connectivity index (χ4v) is 4.34. The van der Waals surface area contributed by atoms with Crippen LogP contribution in [0.3, 0.4) is 0 Å². The number of piperidine rings is 1. The summed E-state index contributed by atoms with van der Waals surface area (Å²) >= 11 is 0. The maximum absolute atomic E-state index is 13.3. The zero-order valence-corrected chi connectivity index (χ0v) is 17.3. The number of para-hydroxylation sites is 1. The van der Waals surface area contributed by atoms with Crippen molar-refractivity contribution in [3.05, 3.63) is 71.9 Å². The first-order valence-corrected chi connectivity index (χ1v) is 10.7. The van der Waals surface area contributed by atoms with Gasteiger partial charge in [0.05, 0.1) is 6.42 Å². The van der Waals surface area contributed by atoms with Crippen molar-refractivity contribution in [2.24, 2.45) is 5.92 Å². The second kappa shape index (κ2) is 9.27. The molecule has 1 saturated heterocycles. The van der Waals surface area contributed by atoms with E-state index in [9.17, 15) is 4.79 Å². The van der Waals surface area contributed by atoms with Crippen molar-refractivity contribution in [3.63, 3.8) is 0 Å². The van der Waals surface area contributed by atoms with Gasteiger partial charge in [0.1, 0.15) is 0 Å². The number of carbonyl (C=O) groups is 1. The number of hydrogen-bond donors (Lipinski definition) is 1. The quantitative estimate of drug-likeness (QED) is 0.660. The van der Waals surface area contributed by atoms with Crippen LogP contribution < -0.4 is 0 Å². The Morgan fingerprint density at radius 3 is 2.59 bits per heavy atom. The van der Waals surface area contributed by atoms with E-state index in [2.05, 4.69) is 58.2 Å². The lowest BCUT2D eigenvalue weighted by Crippen LogP contribution is -2.41. The standard InChI is InChI=1S/C25H31N3O/c1-27-14-11-21(12-15-27)19-28(16-13-20-7-3-2-4-8-20)25(29)17-22-18-26-24-10-6-5-9-23(22)24/h2-10,18,21,26H,11-17,19H2,1H3. The Bertz CT molecular complexity index is 925. The second-order valence-corrected chi connectivity index (χ2v) is 8.36. The number of fused-ring (bicyclic) bond motifs is 1. The molecular formula is C25H31N3O. The molecule has 2 aromatic carbocycles. The van der Waals surface area contributed by atoms with E-state index in [4.69, 9.17) is 0 Å². The molecule has 4 heteroatoms. The van der Waals surface area contributed by atoms with Gasteiger partial charge >= 0.3 is 0 Å². The largest absolute Gasteiger partial charge is 0.361 e. The van der Waals surface area contributed by atoms with E-state index in [1.165, 1.54) is 18.4 Å². The second-order valence-electron chi connectivity index (χ2n) is 8.36. The number of nitrogens with one attached hydrogen (secondary N) is 1. The minimum Gasteiger partial charge on any atom is -0.361 e. The molecule has 4 rings (SSSR count). The van der Waals surface area contributed by atoms with Crippen LogP contribution in [0.4, 0.5) is 0 Å². The van der Waals surface area contributed by atoms with Gasteiger partial charge in [0.15, 0.2) is 0 Å². The summed E-state index contributed by atoms with van der Waals surface area (Å²) in [4.78, 5) is 21.1. The zero-order valence-electron chi connectivity index (χ0n) is 17.3. The molecule has 4 nitrogen and oxygen atoms in total. The van der Waals surface area contributed by atoms with Gasteiger partial charge in [0.2, 0.25) is 5.91 Å². The Balaban J connectivity index is 1.46. The predicted molar refractivity (Wildman–Crippen MR) is 119 cm³/mol. The molecule has 1 aromatic heterocycles. The van der Waals surface area contributed by atoms with Gasteiger partial charge in [0, 0.05) is 30.2 Å². The van der Waals surface area contributed by atoms with Crippen LogP contribution in [0.5, 0.6) is 0 Å². The number of rotatable bonds is 7. The van der Waals surface area contributed by atoms with Crippen LogP contribution in [-0.4, -0.2) is 53.9 Å². The van der Waals surface area contributed by atoms with E-state index in [0.29, 0.717) is 12.3 Å². The van der Waals surface area contributed by atoms with Crippen LogP contribution in [0.25, 0.3) is 10.9 Å². The third-order valence-corrected chi connectivity index (χ3v) is 6.20. The van der Waals surface area contributed by atoms with Gasteiger partial charge in [0.25, 0.3) is 0 Å². The van der Waals surface area contributed by atoms with E-state index in [0.717, 1.165) is 49.1 Å². The number of H-pyrrole nitrogens is 1.